The zero-order valence-corrected chi connectivity index (χ0v) is 11.0. The lowest BCUT2D eigenvalue weighted by Crippen LogP contribution is -2.35. The Labute approximate surface area is 99.9 Å². The van der Waals surface area contributed by atoms with Gasteiger partial charge in [0.2, 0.25) is 0 Å². The molecule has 0 aromatic carbocycles. The highest BCUT2D eigenvalue weighted by Crippen LogP contribution is 2.61. The second-order valence-corrected chi connectivity index (χ2v) is 6.39. The number of allylic oxidation sites excluding steroid dienone is 2. The molecule has 16 heavy (non-hydrogen) atoms. The van der Waals surface area contributed by atoms with Crippen LogP contribution in [0.3, 0.4) is 0 Å². The third-order valence-electron chi connectivity index (χ3n) is 5.25. The predicted molar refractivity (Wildman–Crippen MR) is 68.2 cm³/mol. The summed E-state index contributed by atoms with van der Waals surface area (Å²) in [7, 11) is 0. The van der Waals surface area contributed by atoms with Gasteiger partial charge in [0.05, 0.1) is 0 Å². The molecule has 2 fully saturated rings. The molecule has 2 aliphatic carbocycles. The fourth-order valence-electron chi connectivity index (χ4n) is 4.24. The molecule has 0 aromatic rings. The maximum absolute atomic E-state index is 9.62. The Bertz CT molecular complexity index is 277. The molecule has 0 aliphatic heterocycles. The van der Waals surface area contributed by atoms with Crippen LogP contribution in [0.2, 0.25) is 0 Å². The van der Waals surface area contributed by atoms with Crippen LogP contribution in [0.4, 0.5) is 0 Å². The summed E-state index contributed by atoms with van der Waals surface area (Å²) >= 11 is 0. The average Bonchev–Trinajstić information content (AvgIpc) is 2.75. The highest BCUT2D eigenvalue weighted by atomic mass is 16.3. The molecule has 4 atom stereocenters. The zero-order chi connectivity index (χ0) is 11.8. The summed E-state index contributed by atoms with van der Waals surface area (Å²) < 4.78 is 0. The van der Waals surface area contributed by atoms with Crippen LogP contribution in [0, 0.1) is 23.2 Å². The molecule has 0 amide bonds. The van der Waals surface area contributed by atoms with Crippen molar-refractivity contribution in [1.29, 1.82) is 0 Å². The molecule has 0 spiro atoms. The van der Waals surface area contributed by atoms with Crippen molar-refractivity contribution in [2.45, 2.75) is 52.9 Å². The molecule has 1 N–H and O–H groups in total. The molecule has 2 saturated carbocycles. The Kier molecular flexibility index (Phi) is 3.44. The second kappa shape index (κ2) is 4.52. The average molecular weight is 222 g/mol. The van der Waals surface area contributed by atoms with Crippen molar-refractivity contribution in [2.24, 2.45) is 23.2 Å². The van der Waals surface area contributed by atoms with Gasteiger partial charge in [0.25, 0.3) is 0 Å². The van der Waals surface area contributed by atoms with Crippen molar-refractivity contribution in [3.05, 3.63) is 11.6 Å². The smallest absolute Gasteiger partial charge is 0.0467 e. The van der Waals surface area contributed by atoms with Gasteiger partial charge >= 0.3 is 0 Å². The summed E-state index contributed by atoms with van der Waals surface area (Å²) in [5, 5.41) is 9.62. The lowest BCUT2D eigenvalue weighted by atomic mass is 9.65. The van der Waals surface area contributed by atoms with E-state index in [1.165, 1.54) is 37.7 Å². The number of hydrogen-bond donors (Lipinski definition) is 1. The summed E-state index contributed by atoms with van der Waals surface area (Å²) in [5.41, 5.74) is 1.84. The van der Waals surface area contributed by atoms with E-state index in [-0.39, 0.29) is 0 Å². The SMILES string of the molecule is CC(C)=CCCC1(C)C2CCC(C2)C1CO. The van der Waals surface area contributed by atoms with Crippen molar-refractivity contribution in [1.82, 2.24) is 0 Å². The van der Waals surface area contributed by atoms with Crippen LogP contribution in [0.15, 0.2) is 11.6 Å². The monoisotopic (exact) mass is 222 g/mol. The topological polar surface area (TPSA) is 20.2 Å². The fraction of sp³-hybridized carbons (Fsp3) is 0.867. The van der Waals surface area contributed by atoms with Gasteiger partial charge in [-0.3, -0.25) is 0 Å². The van der Waals surface area contributed by atoms with E-state index in [1.54, 1.807) is 0 Å². The third-order valence-corrected chi connectivity index (χ3v) is 5.25. The highest BCUT2D eigenvalue weighted by Gasteiger charge is 2.54. The molecular weight excluding hydrogens is 196 g/mol. The standard InChI is InChI=1S/C15H26O/c1-11(2)5-4-8-15(3)13-7-6-12(9-13)14(15)10-16/h5,12-14,16H,4,6-10H2,1-3H3. The van der Waals surface area contributed by atoms with Crippen molar-refractivity contribution in [3.63, 3.8) is 0 Å². The molecule has 1 heteroatoms. The van der Waals surface area contributed by atoms with Gasteiger partial charge in [-0.15, -0.1) is 0 Å². The molecular formula is C15H26O. The largest absolute Gasteiger partial charge is 0.396 e. The first-order valence-electron chi connectivity index (χ1n) is 6.82. The molecule has 2 bridgehead atoms. The number of fused-ring (bicyclic) bond motifs is 2. The number of aliphatic hydroxyl groups is 1. The van der Waals surface area contributed by atoms with Gasteiger partial charge in [0, 0.05) is 6.61 Å². The van der Waals surface area contributed by atoms with E-state index in [2.05, 4.69) is 26.8 Å². The fourth-order valence-corrected chi connectivity index (χ4v) is 4.24. The van der Waals surface area contributed by atoms with Crippen LogP contribution in [-0.4, -0.2) is 11.7 Å². The van der Waals surface area contributed by atoms with Crippen LogP contribution in [0.1, 0.15) is 52.9 Å². The maximum Gasteiger partial charge on any atom is 0.0467 e. The van der Waals surface area contributed by atoms with Crippen LogP contribution in [0.25, 0.3) is 0 Å². The lowest BCUT2D eigenvalue weighted by Gasteiger charge is -2.40. The summed E-state index contributed by atoms with van der Waals surface area (Å²) in [5.74, 6) is 2.30. The Balaban J connectivity index is 2.02. The van der Waals surface area contributed by atoms with Crippen LogP contribution >= 0.6 is 0 Å². The van der Waals surface area contributed by atoms with Crippen molar-refractivity contribution in [2.75, 3.05) is 6.61 Å². The molecule has 0 saturated heterocycles. The Morgan fingerprint density at radius 1 is 1.38 bits per heavy atom. The van der Waals surface area contributed by atoms with E-state index < -0.39 is 0 Å². The van der Waals surface area contributed by atoms with Crippen molar-refractivity contribution < 1.29 is 5.11 Å². The van der Waals surface area contributed by atoms with E-state index in [9.17, 15) is 5.11 Å². The Morgan fingerprint density at radius 3 is 2.75 bits per heavy atom. The third kappa shape index (κ3) is 1.95. The molecule has 92 valence electrons. The predicted octanol–water partition coefficient (Wildman–Crippen LogP) is 3.78. The van der Waals surface area contributed by atoms with Gasteiger partial charge in [-0.2, -0.15) is 0 Å². The van der Waals surface area contributed by atoms with Crippen LogP contribution < -0.4 is 0 Å². The van der Waals surface area contributed by atoms with Gasteiger partial charge in [-0.25, -0.2) is 0 Å². The summed E-state index contributed by atoms with van der Waals surface area (Å²) in [6, 6.07) is 0. The molecule has 2 aliphatic rings. The van der Waals surface area contributed by atoms with Gasteiger partial charge in [0.1, 0.15) is 0 Å². The van der Waals surface area contributed by atoms with E-state index in [0.29, 0.717) is 17.9 Å². The summed E-state index contributed by atoms with van der Waals surface area (Å²) in [4.78, 5) is 0. The van der Waals surface area contributed by atoms with Gasteiger partial charge in [-0.05, 0) is 69.1 Å². The second-order valence-electron chi connectivity index (χ2n) is 6.39. The Morgan fingerprint density at radius 2 is 2.12 bits per heavy atom. The molecule has 0 radical (unpaired) electrons. The van der Waals surface area contributed by atoms with Crippen molar-refractivity contribution >= 4 is 0 Å². The molecule has 0 aromatic heterocycles. The zero-order valence-electron chi connectivity index (χ0n) is 11.0. The van der Waals surface area contributed by atoms with Gasteiger partial charge in [0.15, 0.2) is 0 Å². The Hall–Kier alpha value is -0.300. The van der Waals surface area contributed by atoms with Crippen LogP contribution in [-0.2, 0) is 0 Å². The van der Waals surface area contributed by atoms with E-state index in [0.717, 1.165) is 11.8 Å². The van der Waals surface area contributed by atoms with E-state index in [1.807, 2.05) is 0 Å². The summed E-state index contributed by atoms with van der Waals surface area (Å²) in [6.07, 6.45) is 8.98. The number of rotatable bonds is 4. The summed E-state index contributed by atoms with van der Waals surface area (Å²) in [6.45, 7) is 7.18. The minimum absolute atomic E-state index is 0.409. The van der Waals surface area contributed by atoms with E-state index in [4.69, 9.17) is 0 Å². The first-order chi connectivity index (χ1) is 7.58. The minimum atomic E-state index is 0.409. The minimum Gasteiger partial charge on any atom is -0.396 e. The first kappa shape index (κ1) is 12.2. The number of hydrogen-bond acceptors (Lipinski definition) is 1. The van der Waals surface area contributed by atoms with Crippen LogP contribution in [0.5, 0.6) is 0 Å². The van der Waals surface area contributed by atoms with Gasteiger partial charge < -0.3 is 5.11 Å². The molecule has 4 unspecified atom stereocenters. The maximum atomic E-state index is 9.62. The lowest BCUT2D eigenvalue weighted by molar-refractivity contribution is 0.0418. The van der Waals surface area contributed by atoms with Gasteiger partial charge in [-0.1, -0.05) is 18.6 Å². The molecule has 1 nitrogen and oxygen atoms in total. The number of aliphatic hydroxyl groups excluding tert-OH is 1. The molecule has 0 heterocycles. The quantitative estimate of drug-likeness (QED) is 0.718. The molecule has 2 rings (SSSR count). The highest BCUT2D eigenvalue weighted by molar-refractivity contribution is 5.05. The van der Waals surface area contributed by atoms with E-state index >= 15 is 0 Å². The first-order valence-corrected chi connectivity index (χ1v) is 6.82. The normalized spacial score (nSPS) is 41.4. The van der Waals surface area contributed by atoms with Crippen molar-refractivity contribution in [3.8, 4) is 0 Å².